The topological polar surface area (TPSA) is 37.4 Å². The van der Waals surface area contributed by atoms with Crippen molar-refractivity contribution in [3.8, 4) is 0 Å². The molecule has 1 heterocycles. The zero-order chi connectivity index (χ0) is 8.72. The molecule has 64 valence electrons. The van der Waals surface area contributed by atoms with Crippen LogP contribution in [-0.2, 0) is 9.59 Å². The van der Waals surface area contributed by atoms with Gasteiger partial charge in [0.25, 0.3) is 11.8 Å². The third-order valence-electron chi connectivity index (χ3n) is 2.34. The van der Waals surface area contributed by atoms with Gasteiger partial charge in [-0.05, 0) is 25.7 Å². The molecule has 1 aliphatic carbocycles. The predicted octanol–water partition coefficient (Wildman–Crippen LogP) is 1.58. The molecule has 0 spiro atoms. The van der Waals surface area contributed by atoms with E-state index in [2.05, 4.69) is 0 Å². The summed E-state index contributed by atoms with van der Waals surface area (Å²) in [4.78, 5) is 22.8. The van der Waals surface area contributed by atoms with Crippen LogP contribution in [0.1, 0.15) is 25.7 Å². The highest BCUT2D eigenvalue weighted by atomic mass is 127. The highest BCUT2D eigenvalue weighted by Crippen LogP contribution is 2.34. The highest BCUT2D eigenvalue weighted by Gasteiger charge is 2.37. The van der Waals surface area contributed by atoms with Gasteiger partial charge in [0.2, 0.25) is 0 Å². The van der Waals surface area contributed by atoms with Gasteiger partial charge in [-0.25, -0.2) is 3.11 Å². The number of amides is 2. The summed E-state index contributed by atoms with van der Waals surface area (Å²) in [6, 6.07) is 0. The molecule has 0 unspecified atom stereocenters. The minimum Gasteiger partial charge on any atom is -0.268 e. The molecule has 0 atom stereocenters. The lowest BCUT2D eigenvalue weighted by Crippen LogP contribution is -2.20. The Hall–Kier alpha value is -0.390. The Kier molecular flexibility index (Phi) is 1.94. The summed E-state index contributed by atoms with van der Waals surface area (Å²) >= 11 is 1.78. The molecule has 12 heavy (non-hydrogen) atoms. The quantitative estimate of drug-likeness (QED) is 0.383. The second kappa shape index (κ2) is 2.83. The first-order valence-corrected chi connectivity index (χ1v) is 4.95. The molecular formula is C8H8INO2. The maximum atomic E-state index is 11.4. The van der Waals surface area contributed by atoms with Gasteiger partial charge >= 0.3 is 0 Å². The fourth-order valence-corrected chi connectivity index (χ4v) is 2.29. The summed E-state index contributed by atoms with van der Waals surface area (Å²) < 4.78 is 1.20. The number of nitrogens with zero attached hydrogens (tertiary/aromatic N) is 1. The first-order valence-electron chi connectivity index (χ1n) is 3.98. The predicted molar refractivity (Wildman–Crippen MR) is 51.4 cm³/mol. The smallest absolute Gasteiger partial charge is 0.266 e. The maximum absolute atomic E-state index is 11.4. The fourth-order valence-electron chi connectivity index (χ4n) is 1.71. The zero-order valence-corrected chi connectivity index (χ0v) is 8.63. The van der Waals surface area contributed by atoms with Crippen LogP contribution < -0.4 is 0 Å². The molecule has 0 fully saturated rings. The summed E-state index contributed by atoms with van der Waals surface area (Å²) in [6.45, 7) is 0. The number of hydrogen-bond acceptors (Lipinski definition) is 2. The third kappa shape index (κ3) is 1.01. The van der Waals surface area contributed by atoms with Crippen LogP contribution in [0.5, 0.6) is 0 Å². The summed E-state index contributed by atoms with van der Waals surface area (Å²) in [5.74, 6) is -0.175. The van der Waals surface area contributed by atoms with Crippen molar-refractivity contribution in [2.75, 3.05) is 0 Å². The Morgan fingerprint density at radius 1 is 1.00 bits per heavy atom. The molecule has 0 N–H and O–H groups in total. The van der Waals surface area contributed by atoms with Gasteiger partial charge in [0.1, 0.15) is 0 Å². The monoisotopic (exact) mass is 277 g/mol. The van der Waals surface area contributed by atoms with Gasteiger partial charge in [-0.15, -0.1) is 0 Å². The Morgan fingerprint density at radius 3 is 1.83 bits per heavy atom. The third-order valence-corrected chi connectivity index (χ3v) is 3.22. The fraction of sp³-hybridized carbons (Fsp3) is 0.500. The molecule has 0 aromatic carbocycles. The van der Waals surface area contributed by atoms with Gasteiger partial charge in [0.15, 0.2) is 0 Å². The van der Waals surface area contributed by atoms with Crippen molar-refractivity contribution < 1.29 is 9.59 Å². The highest BCUT2D eigenvalue weighted by molar-refractivity contribution is 14.1. The average Bonchev–Trinajstić information content (AvgIpc) is 2.33. The molecule has 0 saturated heterocycles. The molecule has 4 heteroatoms. The van der Waals surface area contributed by atoms with Gasteiger partial charge in [-0.3, -0.25) is 9.59 Å². The Labute approximate surface area is 84.3 Å². The van der Waals surface area contributed by atoms with E-state index >= 15 is 0 Å². The lowest BCUT2D eigenvalue weighted by molar-refractivity contribution is -0.129. The number of carbonyl (C=O) groups excluding carboxylic acids is 2. The molecule has 0 bridgehead atoms. The lowest BCUT2D eigenvalue weighted by Gasteiger charge is -2.08. The van der Waals surface area contributed by atoms with Crippen LogP contribution in [0.25, 0.3) is 0 Å². The molecule has 0 saturated carbocycles. The standard InChI is InChI=1S/C8H8INO2/c9-10-7(11)5-3-1-2-4-6(5)8(10)12/h1-4H2. The van der Waals surface area contributed by atoms with Crippen LogP contribution in [0.15, 0.2) is 11.1 Å². The van der Waals surface area contributed by atoms with Gasteiger partial charge < -0.3 is 0 Å². The van der Waals surface area contributed by atoms with Crippen LogP contribution in [0.4, 0.5) is 0 Å². The van der Waals surface area contributed by atoms with Crippen molar-refractivity contribution >= 4 is 34.7 Å². The SMILES string of the molecule is O=C1C2=C(CCCC2)C(=O)N1I. The minimum absolute atomic E-state index is 0.0877. The van der Waals surface area contributed by atoms with E-state index in [1.54, 1.807) is 22.9 Å². The van der Waals surface area contributed by atoms with E-state index in [0.717, 1.165) is 36.8 Å². The summed E-state index contributed by atoms with van der Waals surface area (Å²) in [6.07, 6.45) is 3.67. The lowest BCUT2D eigenvalue weighted by atomic mass is 9.93. The Balaban J connectivity index is 2.41. The average molecular weight is 277 g/mol. The number of rotatable bonds is 0. The summed E-state index contributed by atoms with van der Waals surface area (Å²) in [5, 5.41) is 0. The van der Waals surface area contributed by atoms with Crippen LogP contribution in [0.3, 0.4) is 0 Å². The molecule has 2 rings (SSSR count). The largest absolute Gasteiger partial charge is 0.268 e. The van der Waals surface area contributed by atoms with Crippen LogP contribution in [0.2, 0.25) is 0 Å². The van der Waals surface area contributed by atoms with Crippen molar-refractivity contribution in [2.45, 2.75) is 25.7 Å². The van der Waals surface area contributed by atoms with Crippen molar-refractivity contribution in [1.82, 2.24) is 3.11 Å². The van der Waals surface area contributed by atoms with Gasteiger partial charge in [-0.2, -0.15) is 0 Å². The number of hydrogen-bond donors (Lipinski definition) is 0. The molecule has 3 nitrogen and oxygen atoms in total. The van der Waals surface area contributed by atoms with Crippen LogP contribution >= 0.6 is 22.9 Å². The van der Waals surface area contributed by atoms with Crippen LogP contribution in [0, 0.1) is 0 Å². The van der Waals surface area contributed by atoms with Gasteiger partial charge in [0.05, 0.1) is 22.9 Å². The van der Waals surface area contributed by atoms with E-state index in [0.29, 0.717) is 0 Å². The van der Waals surface area contributed by atoms with E-state index in [1.807, 2.05) is 0 Å². The van der Waals surface area contributed by atoms with Crippen molar-refractivity contribution in [3.63, 3.8) is 0 Å². The normalized spacial score (nSPS) is 23.6. The first-order chi connectivity index (χ1) is 5.72. The summed E-state index contributed by atoms with van der Waals surface area (Å²) in [7, 11) is 0. The van der Waals surface area contributed by atoms with E-state index in [-0.39, 0.29) is 11.8 Å². The number of carbonyl (C=O) groups is 2. The number of halogens is 1. The molecule has 0 aromatic rings. The van der Waals surface area contributed by atoms with Crippen molar-refractivity contribution in [1.29, 1.82) is 0 Å². The van der Waals surface area contributed by atoms with Crippen LogP contribution in [-0.4, -0.2) is 14.9 Å². The van der Waals surface area contributed by atoms with E-state index in [4.69, 9.17) is 0 Å². The van der Waals surface area contributed by atoms with E-state index in [1.165, 1.54) is 3.11 Å². The van der Waals surface area contributed by atoms with Crippen molar-refractivity contribution in [2.24, 2.45) is 0 Å². The van der Waals surface area contributed by atoms with E-state index in [9.17, 15) is 9.59 Å². The molecule has 0 aromatic heterocycles. The first kappa shape index (κ1) is 8.22. The van der Waals surface area contributed by atoms with Gasteiger partial charge in [-0.1, -0.05) is 0 Å². The molecular weight excluding hydrogens is 269 g/mol. The van der Waals surface area contributed by atoms with Crippen molar-refractivity contribution in [3.05, 3.63) is 11.1 Å². The maximum Gasteiger partial charge on any atom is 0.266 e. The Morgan fingerprint density at radius 2 is 1.42 bits per heavy atom. The molecule has 1 aliphatic heterocycles. The zero-order valence-electron chi connectivity index (χ0n) is 6.47. The minimum atomic E-state index is -0.0877. The van der Waals surface area contributed by atoms with Gasteiger partial charge in [0, 0.05) is 11.1 Å². The van der Waals surface area contributed by atoms with E-state index < -0.39 is 0 Å². The second-order valence-electron chi connectivity index (χ2n) is 3.06. The summed E-state index contributed by atoms with van der Waals surface area (Å²) in [5.41, 5.74) is 1.53. The Bertz CT molecular complexity index is 267. The second-order valence-corrected chi connectivity index (χ2v) is 4.02. The number of imide groups is 1. The molecule has 2 aliphatic rings. The molecule has 0 radical (unpaired) electrons. The molecule has 2 amide bonds.